The van der Waals surface area contributed by atoms with Gasteiger partial charge < -0.3 is 10.5 Å². The Balaban J connectivity index is 2.77. The molecular weight excluding hydrogens is 270 g/mol. The fraction of sp³-hybridized carbons (Fsp3) is 0.133. The van der Waals surface area contributed by atoms with Crippen molar-refractivity contribution < 1.29 is 9.53 Å². The Morgan fingerprint density at radius 1 is 1.33 bits per heavy atom. The van der Waals surface area contributed by atoms with Gasteiger partial charge in [0.15, 0.2) is 5.78 Å². The highest BCUT2D eigenvalue weighted by atomic mass is 16.5. The Bertz CT molecular complexity index is 799. The lowest BCUT2D eigenvalue weighted by Crippen LogP contribution is -2.27. The van der Waals surface area contributed by atoms with E-state index in [1.807, 2.05) is 6.07 Å². The summed E-state index contributed by atoms with van der Waals surface area (Å²) in [6.45, 7) is 1.27. The molecule has 0 saturated carbocycles. The van der Waals surface area contributed by atoms with Crippen LogP contribution in [0.15, 0.2) is 35.1 Å². The van der Waals surface area contributed by atoms with E-state index >= 15 is 0 Å². The Morgan fingerprint density at radius 3 is 2.43 bits per heavy atom. The van der Waals surface area contributed by atoms with E-state index in [2.05, 4.69) is 0 Å². The number of nitrogen functional groups attached to an aromatic ring is 1. The second-order valence-corrected chi connectivity index (χ2v) is 4.36. The molecule has 2 aromatic rings. The number of nitriles is 1. The van der Waals surface area contributed by atoms with Gasteiger partial charge in [-0.2, -0.15) is 5.26 Å². The second-order valence-electron chi connectivity index (χ2n) is 4.36. The maximum Gasteiger partial charge on any atom is 0.267 e. The molecule has 106 valence electrons. The highest BCUT2D eigenvalue weighted by Gasteiger charge is 2.16. The van der Waals surface area contributed by atoms with E-state index in [1.165, 1.54) is 20.1 Å². The molecule has 0 unspecified atom stereocenters. The van der Waals surface area contributed by atoms with Crippen molar-refractivity contribution >= 4 is 11.6 Å². The molecule has 0 atom stereocenters. The molecule has 2 rings (SSSR count). The number of nitrogens with zero attached hydrogens (tertiary/aromatic N) is 2. The average Bonchev–Trinajstić information content (AvgIpc) is 2.48. The predicted molar refractivity (Wildman–Crippen MR) is 77.7 cm³/mol. The minimum Gasteiger partial charge on any atom is -0.497 e. The number of ether oxygens (including phenoxy) is 1. The normalized spacial score (nSPS) is 9.95. The number of hydrogen-bond donors (Lipinski definition) is 1. The minimum atomic E-state index is -0.552. The van der Waals surface area contributed by atoms with Crippen molar-refractivity contribution in [2.75, 3.05) is 12.8 Å². The van der Waals surface area contributed by atoms with Gasteiger partial charge in [-0.3, -0.25) is 14.2 Å². The van der Waals surface area contributed by atoms with Gasteiger partial charge in [-0.15, -0.1) is 0 Å². The molecule has 1 heterocycles. The molecule has 2 N–H and O–H groups in total. The van der Waals surface area contributed by atoms with Crippen LogP contribution in [0.25, 0.3) is 5.69 Å². The summed E-state index contributed by atoms with van der Waals surface area (Å²) >= 11 is 0. The maximum atomic E-state index is 12.4. The third-order valence-corrected chi connectivity index (χ3v) is 3.07. The zero-order valence-corrected chi connectivity index (χ0v) is 11.6. The monoisotopic (exact) mass is 283 g/mol. The minimum absolute atomic E-state index is 0.00216. The molecule has 0 aliphatic carbocycles. The standard InChI is InChI=1S/C15H13N3O3/c1-9(19)13-7-10(8-16)14(17)18(15(13)20)11-3-5-12(21-2)6-4-11/h3-7H,17H2,1-2H3. The molecule has 0 spiro atoms. The van der Waals surface area contributed by atoms with Crippen LogP contribution >= 0.6 is 0 Å². The summed E-state index contributed by atoms with van der Waals surface area (Å²) in [5, 5.41) is 9.09. The molecule has 0 saturated heterocycles. The molecule has 0 radical (unpaired) electrons. The Kier molecular flexibility index (Phi) is 3.76. The van der Waals surface area contributed by atoms with Crippen molar-refractivity contribution in [3.05, 3.63) is 51.8 Å². The molecule has 1 aromatic heterocycles. The predicted octanol–water partition coefficient (Wildman–Crippen LogP) is 1.50. The number of aromatic nitrogens is 1. The fourth-order valence-electron chi connectivity index (χ4n) is 1.96. The number of rotatable bonds is 3. The van der Waals surface area contributed by atoms with Crippen LogP contribution in [0.3, 0.4) is 0 Å². The van der Waals surface area contributed by atoms with E-state index in [4.69, 9.17) is 15.7 Å². The van der Waals surface area contributed by atoms with Crippen LogP contribution in [0.2, 0.25) is 0 Å². The van der Waals surface area contributed by atoms with Crippen molar-refractivity contribution in [3.8, 4) is 17.5 Å². The van der Waals surface area contributed by atoms with Crippen LogP contribution in [0.4, 0.5) is 5.82 Å². The molecule has 0 aliphatic heterocycles. The number of nitrogens with two attached hydrogens (primary N) is 1. The van der Waals surface area contributed by atoms with Gasteiger partial charge >= 0.3 is 0 Å². The van der Waals surface area contributed by atoms with Gasteiger partial charge in [-0.05, 0) is 37.3 Å². The number of benzene rings is 1. The Hall–Kier alpha value is -3.07. The summed E-state index contributed by atoms with van der Waals surface area (Å²) in [6.07, 6.45) is 0. The van der Waals surface area contributed by atoms with E-state index < -0.39 is 11.3 Å². The zero-order valence-electron chi connectivity index (χ0n) is 11.6. The number of ketones is 1. The fourth-order valence-corrected chi connectivity index (χ4v) is 1.96. The van der Waals surface area contributed by atoms with E-state index in [1.54, 1.807) is 24.3 Å². The zero-order chi connectivity index (χ0) is 15.6. The van der Waals surface area contributed by atoms with Gasteiger partial charge in [0.05, 0.1) is 23.9 Å². The summed E-state index contributed by atoms with van der Waals surface area (Å²) in [6, 6.07) is 9.69. The van der Waals surface area contributed by atoms with Crippen molar-refractivity contribution in [2.24, 2.45) is 0 Å². The Labute approximate surface area is 121 Å². The average molecular weight is 283 g/mol. The van der Waals surface area contributed by atoms with E-state index in [9.17, 15) is 9.59 Å². The smallest absolute Gasteiger partial charge is 0.267 e. The lowest BCUT2D eigenvalue weighted by molar-refractivity contribution is 0.101. The summed E-state index contributed by atoms with van der Waals surface area (Å²) in [5.74, 6) is 0.199. The van der Waals surface area contributed by atoms with Crippen molar-refractivity contribution in [2.45, 2.75) is 6.92 Å². The molecule has 1 aromatic carbocycles. The Morgan fingerprint density at radius 2 is 1.95 bits per heavy atom. The quantitative estimate of drug-likeness (QED) is 0.861. The number of hydrogen-bond acceptors (Lipinski definition) is 5. The molecule has 0 fully saturated rings. The molecule has 0 amide bonds. The lowest BCUT2D eigenvalue weighted by Gasteiger charge is -2.12. The largest absolute Gasteiger partial charge is 0.497 e. The van der Waals surface area contributed by atoms with Crippen LogP contribution in [0, 0.1) is 11.3 Å². The first kappa shape index (κ1) is 14.3. The first-order chi connectivity index (χ1) is 9.99. The highest BCUT2D eigenvalue weighted by molar-refractivity contribution is 5.94. The summed E-state index contributed by atoms with van der Waals surface area (Å²) in [7, 11) is 1.53. The van der Waals surface area contributed by atoms with Gasteiger partial charge in [0, 0.05) is 0 Å². The van der Waals surface area contributed by atoms with E-state index in [0.717, 1.165) is 4.57 Å². The summed E-state index contributed by atoms with van der Waals surface area (Å²) < 4.78 is 6.19. The third kappa shape index (κ3) is 2.49. The van der Waals surface area contributed by atoms with Crippen molar-refractivity contribution in [3.63, 3.8) is 0 Å². The van der Waals surface area contributed by atoms with Crippen LogP contribution in [-0.2, 0) is 0 Å². The van der Waals surface area contributed by atoms with E-state index in [0.29, 0.717) is 11.4 Å². The maximum absolute atomic E-state index is 12.4. The highest BCUT2D eigenvalue weighted by Crippen LogP contribution is 2.19. The molecule has 6 nitrogen and oxygen atoms in total. The number of anilines is 1. The van der Waals surface area contributed by atoms with Crippen molar-refractivity contribution in [1.29, 1.82) is 5.26 Å². The molecule has 0 aliphatic rings. The van der Waals surface area contributed by atoms with Crippen LogP contribution in [0.1, 0.15) is 22.8 Å². The van der Waals surface area contributed by atoms with Crippen LogP contribution in [0.5, 0.6) is 5.75 Å². The summed E-state index contributed by atoms with van der Waals surface area (Å²) in [4.78, 5) is 23.9. The molecular formula is C15H13N3O3. The van der Waals surface area contributed by atoms with Gasteiger partial charge in [-0.1, -0.05) is 0 Å². The van der Waals surface area contributed by atoms with Crippen LogP contribution < -0.4 is 16.0 Å². The van der Waals surface area contributed by atoms with Gasteiger partial charge in [0.2, 0.25) is 0 Å². The first-order valence-electron chi connectivity index (χ1n) is 6.10. The van der Waals surface area contributed by atoms with Crippen LogP contribution in [-0.4, -0.2) is 17.5 Å². The van der Waals surface area contributed by atoms with Crippen molar-refractivity contribution in [1.82, 2.24) is 4.57 Å². The van der Waals surface area contributed by atoms with Gasteiger partial charge in [0.25, 0.3) is 5.56 Å². The number of Topliss-reactive ketones (excluding diaryl/α,β-unsaturated/α-hetero) is 1. The lowest BCUT2D eigenvalue weighted by atomic mass is 10.1. The molecule has 21 heavy (non-hydrogen) atoms. The second kappa shape index (κ2) is 5.51. The number of carbonyl (C=O) groups is 1. The number of methoxy groups -OCH3 is 1. The topological polar surface area (TPSA) is 98.1 Å². The third-order valence-electron chi connectivity index (χ3n) is 3.07. The van der Waals surface area contributed by atoms with E-state index in [-0.39, 0.29) is 16.9 Å². The summed E-state index contributed by atoms with van der Waals surface area (Å²) in [5.41, 5.74) is 5.78. The van der Waals surface area contributed by atoms with Gasteiger partial charge in [0.1, 0.15) is 17.6 Å². The molecule has 0 bridgehead atoms. The molecule has 6 heteroatoms. The number of pyridine rings is 1. The number of carbonyl (C=O) groups excluding carboxylic acids is 1. The first-order valence-corrected chi connectivity index (χ1v) is 6.10. The van der Waals surface area contributed by atoms with Gasteiger partial charge in [-0.25, -0.2) is 0 Å². The SMILES string of the molecule is COc1ccc(-n2c(N)c(C#N)cc(C(C)=O)c2=O)cc1.